The van der Waals surface area contributed by atoms with Crippen molar-refractivity contribution in [1.82, 2.24) is 5.32 Å². The lowest BCUT2D eigenvalue weighted by Gasteiger charge is -2.36. The molecule has 5 nitrogen and oxygen atoms in total. The Morgan fingerprint density at radius 1 is 1.07 bits per heavy atom. The molecule has 3 rings (SSSR count). The van der Waals surface area contributed by atoms with Crippen molar-refractivity contribution in [3.05, 3.63) is 71.3 Å². The molecule has 0 aromatic heterocycles. The van der Waals surface area contributed by atoms with Crippen LogP contribution in [0.5, 0.6) is 0 Å². The molecule has 1 atom stereocenters. The Morgan fingerprint density at radius 3 is 2.36 bits per heavy atom. The van der Waals surface area contributed by atoms with Crippen molar-refractivity contribution < 1.29 is 28.2 Å². The molecule has 0 radical (unpaired) electrons. The second kappa shape index (κ2) is 8.48. The molecule has 0 aliphatic carbocycles. The summed E-state index contributed by atoms with van der Waals surface area (Å²) >= 11 is 0. The van der Waals surface area contributed by atoms with Crippen molar-refractivity contribution in [2.75, 3.05) is 19.8 Å². The van der Waals surface area contributed by atoms with Crippen LogP contribution in [0.3, 0.4) is 0 Å². The maximum Gasteiger partial charge on any atom is 0.312 e. The fourth-order valence-electron chi connectivity index (χ4n) is 3.56. The van der Waals surface area contributed by atoms with Crippen LogP contribution in [0.4, 0.5) is 8.78 Å². The number of ether oxygens (including phenoxy) is 1. The number of hydrogen-bond donors (Lipinski definition) is 2. The second-order valence-corrected chi connectivity index (χ2v) is 6.86. The molecule has 1 aliphatic heterocycles. The number of benzene rings is 2. The van der Waals surface area contributed by atoms with Crippen LogP contribution in [0.15, 0.2) is 48.5 Å². The number of hydrogen-bond acceptors (Lipinski definition) is 3. The molecule has 0 bridgehead atoms. The van der Waals surface area contributed by atoms with Gasteiger partial charge in [0.2, 0.25) is 5.91 Å². The molecule has 0 spiro atoms. The minimum absolute atomic E-state index is 0.155. The van der Waals surface area contributed by atoms with E-state index in [4.69, 9.17) is 4.74 Å². The van der Waals surface area contributed by atoms with Gasteiger partial charge in [0.05, 0.1) is 11.3 Å². The summed E-state index contributed by atoms with van der Waals surface area (Å²) in [7, 11) is 0. The first-order valence-corrected chi connectivity index (χ1v) is 9.03. The van der Waals surface area contributed by atoms with Crippen LogP contribution < -0.4 is 5.32 Å². The predicted octanol–water partition coefficient (Wildman–Crippen LogP) is 3.00. The number of carbonyl (C=O) groups excluding carboxylic acids is 1. The molecule has 148 valence electrons. The summed E-state index contributed by atoms with van der Waals surface area (Å²) in [5.41, 5.74) is -0.0467. The lowest BCUT2D eigenvalue weighted by Crippen LogP contribution is -2.49. The van der Waals surface area contributed by atoms with Crippen LogP contribution in [0, 0.1) is 11.6 Å². The van der Waals surface area contributed by atoms with E-state index in [1.807, 2.05) is 0 Å². The van der Waals surface area contributed by atoms with E-state index in [-0.39, 0.29) is 12.5 Å². The highest BCUT2D eigenvalue weighted by Gasteiger charge is 2.42. The minimum atomic E-state index is -1.13. The van der Waals surface area contributed by atoms with E-state index in [9.17, 15) is 23.5 Å². The number of nitrogens with one attached hydrogen (secondary N) is 1. The monoisotopic (exact) mass is 389 g/mol. The zero-order valence-corrected chi connectivity index (χ0v) is 15.2. The first-order chi connectivity index (χ1) is 13.4. The largest absolute Gasteiger partial charge is 0.481 e. The van der Waals surface area contributed by atoms with Gasteiger partial charge in [0.1, 0.15) is 11.6 Å². The molecule has 2 aromatic carbocycles. The molecular formula is C21H21F2NO4. The number of aliphatic carboxylic acids is 1. The van der Waals surface area contributed by atoms with Gasteiger partial charge < -0.3 is 15.2 Å². The lowest BCUT2D eigenvalue weighted by molar-refractivity contribution is -0.139. The number of carbonyl (C=O) groups is 2. The Morgan fingerprint density at radius 2 is 1.75 bits per heavy atom. The van der Waals surface area contributed by atoms with Gasteiger partial charge in [-0.1, -0.05) is 24.3 Å². The van der Waals surface area contributed by atoms with Gasteiger partial charge in [0.25, 0.3) is 0 Å². The number of carboxylic acid groups (broad SMARTS) is 1. The van der Waals surface area contributed by atoms with Crippen LogP contribution in [0.1, 0.15) is 29.9 Å². The third-order valence-corrected chi connectivity index (χ3v) is 5.20. The Kier molecular flexibility index (Phi) is 6.04. The molecule has 2 aromatic rings. The third kappa shape index (κ3) is 4.20. The van der Waals surface area contributed by atoms with Gasteiger partial charge in [0, 0.05) is 19.8 Å². The number of rotatable bonds is 6. The third-order valence-electron chi connectivity index (χ3n) is 5.20. The lowest BCUT2D eigenvalue weighted by atomic mass is 9.73. The summed E-state index contributed by atoms with van der Waals surface area (Å²) in [6.45, 7) is 0.548. The second-order valence-electron chi connectivity index (χ2n) is 6.86. The normalized spacial score (nSPS) is 16.9. The van der Waals surface area contributed by atoms with Gasteiger partial charge in [-0.05, 0) is 48.2 Å². The SMILES string of the molecule is O=C(O)C(CNC(=O)C1(c2cccc(F)c2)CCOCC1)c1ccc(F)cc1. The summed E-state index contributed by atoms with van der Waals surface area (Å²) < 4.78 is 32.2. The first kappa shape index (κ1) is 19.9. The molecule has 1 amide bonds. The summed E-state index contributed by atoms with van der Waals surface area (Å²) in [5.74, 6) is -3.42. The van der Waals surface area contributed by atoms with Crippen LogP contribution in [-0.2, 0) is 19.7 Å². The van der Waals surface area contributed by atoms with Gasteiger partial charge in [-0.3, -0.25) is 9.59 Å². The molecule has 1 heterocycles. The van der Waals surface area contributed by atoms with Crippen molar-refractivity contribution in [2.24, 2.45) is 0 Å². The van der Waals surface area contributed by atoms with Gasteiger partial charge >= 0.3 is 5.97 Å². The van der Waals surface area contributed by atoms with Crippen molar-refractivity contribution in [1.29, 1.82) is 0 Å². The average molecular weight is 389 g/mol. The van der Waals surface area contributed by atoms with E-state index in [0.717, 1.165) is 0 Å². The molecule has 1 unspecified atom stereocenters. The van der Waals surface area contributed by atoms with E-state index < -0.39 is 28.9 Å². The fraction of sp³-hybridized carbons (Fsp3) is 0.333. The number of amides is 1. The van der Waals surface area contributed by atoms with E-state index in [2.05, 4.69) is 5.32 Å². The van der Waals surface area contributed by atoms with Gasteiger partial charge in [-0.25, -0.2) is 8.78 Å². The van der Waals surface area contributed by atoms with E-state index in [1.54, 1.807) is 12.1 Å². The molecule has 28 heavy (non-hydrogen) atoms. The van der Waals surface area contributed by atoms with Crippen LogP contribution in [-0.4, -0.2) is 36.7 Å². The van der Waals surface area contributed by atoms with Crippen molar-refractivity contribution in [3.8, 4) is 0 Å². The van der Waals surface area contributed by atoms with Gasteiger partial charge in [-0.15, -0.1) is 0 Å². The van der Waals surface area contributed by atoms with Crippen LogP contribution in [0.25, 0.3) is 0 Å². The standard InChI is InChI=1S/C21H21F2NO4/c22-16-6-4-14(5-7-16)18(19(25)26)13-24-20(27)21(8-10-28-11-9-21)15-2-1-3-17(23)12-15/h1-7,12,18H,8-11,13H2,(H,24,27)(H,25,26). The van der Waals surface area contributed by atoms with E-state index in [1.165, 1.54) is 36.4 Å². The van der Waals surface area contributed by atoms with E-state index >= 15 is 0 Å². The summed E-state index contributed by atoms with van der Waals surface area (Å²) in [5, 5.41) is 12.2. The van der Waals surface area contributed by atoms with Crippen molar-refractivity contribution in [3.63, 3.8) is 0 Å². The van der Waals surface area contributed by atoms with Crippen LogP contribution in [0.2, 0.25) is 0 Å². The van der Waals surface area contributed by atoms with Gasteiger partial charge in [-0.2, -0.15) is 0 Å². The van der Waals surface area contributed by atoms with Crippen molar-refractivity contribution >= 4 is 11.9 Å². The molecule has 1 saturated heterocycles. The topological polar surface area (TPSA) is 75.6 Å². The summed E-state index contributed by atoms with van der Waals surface area (Å²) in [6, 6.07) is 11.0. The Hall–Kier alpha value is -2.80. The average Bonchev–Trinajstić information content (AvgIpc) is 2.69. The summed E-state index contributed by atoms with van der Waals surface area (Å²) in [4.78, 5) is 24.8. The van der Waals surface area contributed by atoms with Crippen LogP contribution >= 0.6 is 0 Å². The molecule has 0 saturated carbocycles. The Balaban J connectivity index is 1.81. The smallest absolute Gasteiger partial charge is 0.312 e. The first-order valence-electron chi connectivity index (χ1n) is 9.03. The zero-order valence-electron chi connectivity index (χ0n) is 15.2. The van der Waals surface area contributed by atoms with E-state index in [0.29, 0.717) is 37.2 Å². The highest BCUT2D eigenvalue weighted by molar-refractivity contribution is 5.89. The highest BCUT2D eigenvalue weighted by atomic mass is 19.1. The molecule has 7 heteroatoms. The number of carboxylic acids is 1. The van der Waals surface area contributed by atoms with Crippen molar-refractivity contribution in [2.45, 2.75) is 24.2 Å². The quantitative estimate of drug-likeness (QED) is 0.797. The Labute approximate surface area is 161 Å². The Bertz CT molecular complexity index is 848. The highest BCUT2D eigenvalue weighted by Crippen LogP contribution is 2.35. The zero-order chi connectivity index (χ0) is 20.1. The molecule has 1 aliphatic rings. The maximum atomic E-state index is 13.8. The molecule has 2 N–H and O–H groups in total. The number of halogens is 2. The fourth-order valence-corrected chi connectivity index (χ4v) is 3.56. The van der Waals surface area contributed by atoms with Gasteiger partial charge in [0.15, 0.2) is 0 Å². The maximum absolute atomic E-state index is 13.8. The molecule has 1 fully saturated rings. The summed E-state index contributed by atoms with van der Waals surface area (Å²) in [6.07, 6.45) is 0.743. The minimum Gasteiger partial charge on any atom is -0.481 e. The molecular weight excluding hydrogens is 368 g/mol. The predicted molar refractivity (Wildman–Crippen MR) is 97.9 cm³/mol.